The second kappa shape index (κ2) is 6.65. The molecule has 3 aromatic rings. The average Bonchev–Trinajstić information content (AvgIpc) is 3.49. The Balaban J connectivity index is 1.44. The molecule has 2 aromatic carbocycles. The number of fused-ring (bicyclic) bond motifs is 5. The third kappa shape index (κ3) is 2.73. The molecule has 0 saturated heterocycles. The smallest absolute Gasteiger partial charge is 0.449 e. The molecule has 0 amide bonds. The van der Waals surface area contributed by atoms with Gasteiger partial charge in [-0.3, -0.25) is 0 Å². The molecule has 164 valence electrons. The fourth-order valence-corrected chi connectivity index (χ4v) is 5.12. The summed E-state index contributed by atoms with van der Waals surface area (Å²) in [5, 5.41) is 0. The molecule has 0 N–H and O–H groups in total. The summed E-state index contributed by atoms with van der Waals surface area (Å²) in [6, 6.07) is 13.9. The Morgan fingerprint density at radius 2 is 1.72 bits per heavy atom. The number of hydrogen-bond donors (Lipinski definition) is 0. The summed E-state index contributed by atoms with van der Waals surface area (Å²) in [6.07, 6.45) is -4.53. The predicted octanol–water partition coefficient (Wildman–Crippen LogP) is 5.05. The van der Waals surface area contributed by atoms with Gasteiger partial charge in [0.25, 0.3) is 0 Å². The van der Waals surface area contributed by atoms with E-state index in [4.69, 9.17) is 30.8 Å². The van der Waals surface area contributed by atoms with Crippen LogP contribution in [0.25, 0.3) is 0 Å². The van der Waals surface area contributed by atoms with E-state index in [2.05, 4.69) is 0 Å². The van der Waals surface area contributed by atoms with Crippen LogP contribution in [0.4, 0.5) is 13.2 Å². The molecule has 0 saturated carbocycles. The number of furan rings is 1. The molecule has 3 aliphatic rings. The highest BCUT2D eigenvalue weighted by molar-refractivity contribution is 7.80. The molecule has 0 fully saturated rings. The molecule has 0 radical (unpaired) electrons. The van der Waals surface area contributed by atoms with Crippen LogP contribution in [-0.4, -0.2) is 23.3 Å². The van der Waals surface area contributed by atoms with Gasteiger partial charge in [0.05, 0.1) is 11.5 Å². The van der Waals surface area contributed by atoms with Gasteiger partial charge in [-0.05, 0) is 29.3 Å². The van der Waals surface area contributed by atoms with Gasteiger partial charge >= 0.3 is 6.18 Å². The third-order valence-electron chi connectivity index (χ3n) is 6.16. The van der Waals surface area contributed by atoms with Crippen molar-refractivity contribution in [2.24, 2.45) is 0 Å². The molecule has 0 aliphatic carbocycles. The largest absolute Gasteiger partial charge is 0.491 e. The fraction of sp³-hybridized carbons (Fsp3) is 0.261. The Bertz CT molecular complexity index is 1250. The SMILES string of the molecule is FC(F)(F)c1ccc(CN2Cc3ccccc3C3(COc4cc5c(cc43)OCO5)C2=S)o1. The molecule has 1 aromatic heterocycles. The summed E-state index contributed by atoms with van der Waals surface area (Å²) in [6.45, 7) is 0.992. The second-order valence-electron chi connectivity index (χ2n) is 7.98. The van der Waals surface area contributed by atoms with E-state index in [1.807, 2.05) is 35.2 Å². The number of alkyl halides is 3. The third-order valence-corrected chi connectivity index (χ3v) is 6.76. The van der Waals surface area contributed by atoms with Gasteiger partial charge in [0.1, 0.15) is 23.5 Å². The van der Waals surface area contributed by atoms with Gasteiger partial charge in [-0.15, -0.1) is 0 Å². The van der Waals surface area contributed by atoms with E-state index in [-0.39, 0.29) is 25.7 Å². The molecule has 1 spiro atoms. The van der Waals surface area contributed by atoms with Crippen LogP contribution in [0.2, 0.25) is 0 Å². The first-order valence-electron chi connectivity index (χ1n) is 9.97. The van der Waals surface area contributed by atoms with Crippen LogP contribution in [0.15, 0.2) is 52.9 Å². The minimum Gasteiger partial charge on any atom is -0.491 e. The first-order valence-corrected chi connectivity index (χ1v) is 10.4. The topological polar surface area (TPSA) is 44.1 Å². The van der Waals surface area contributed by atoms with Crippen molar-refractivity contribution in [2.75, 3.05) is 13.4 Å². The maximum absolute atomic E-state index is 13.0. The Labute approximate surface area is 186 Å². The molecule has 6 rings (SSSR count). The molecule has 5 nitrogen and oxygen atoms in total. The summed E-state index contributed by atoms with van der Waals surface area (Å²) < 4.78 is 61.2. The molecule has 1 atom stereocenters. The number of benzene rings is 2. The van der Waals surface area contributed by atoms with E-state index in [1.54, 1.807) is 6.07 Å². The predicted molar refractivity (Wildman–Crippen MR) is 111 cm³/mol. The zero-order chi connectivity index (χ0) is 22.1. The maximum Gasteiger partial charge on any atom is 0.449 e. The number of rotatable bonds is 2. The summed E-state index contributed by atoms with van der Waals surface area (Å²) in [4.78, 5) is 2.44. The van der Waals surface area contributed by atoms with Crippen LogP contribution in [-0.2, 0) is 24.7 Å². The Morgan fingerprint density at radius 1 is 0.938 bits per heavy atom. The van der Waals surface area contributed by atoms with Crippen molar-refractivity contribution >= 4 is 17.2 Å². The normalized spacial score (nSPS) is 21.0. The molecule has 0 bridgehead atoms. The van der Waals surface area contributed by atoms with E-state index < -0.39 is 17.4 Å². The highest BCUT2D eigenvalue weighted by Gasteiger charge is 2.52. The van der Waals surface area contributed by atoms with Crippen molar-refractivity contribution in [3.63, 3.8) is 0 Å². The number of thiocarbonyl (C=S) groups is 1. The Hall–Kier alpha value is -3.20. The van der Waals surface area contributed by atoms with E-state index in [1.165, 1.54) is 6.07 Å². The van der Waals surface area contributed by atoms with Crippen molar-refractivity contribution < 1.29 is 31.8 Å². The van der Waals surface area contributed by atoms with Crippen molar-refractivity contribution in [1.82, 2.24) is 4.90 Å². The zero-order valence-electron chi connectivity index (χ0n) is 16.6. The monoisotopic (exact) mass is 459 g/mol. The molecular formula is C23H16F3NO4S. The van der Waals surface area contributed by atoms with Gasteiger partial charge in [0.15, 0.2) is 11.5 Å². The van der Waals surface area contributed by atoms with E-state index in [0.29, 0.717) is 28.8 Å². The van der Waals surface area contributed by atoms with Crippen LogP contribution in [0, 0.1) is 0 Å². The average molecular weight is 459 g/mol. The van der Waals surface area contributed by atoms with Crippen molar-refractivity contribution in [3.8, 4) is 17.2 Å². The van der Waals surface area contributed by atoms with Crippen molar-refractivity contribution in [1.29, 1.82) is 0 Å². The molecule has 9 heteroatoms. The van der Waals surface area contributed by atoms with E-state index in [0.717, 1.165) is 22.8 Å². The van der Waals surface area contributed by atoms with Gasteiger partial charge in [-0.25, -0.2) is 0 Å². The zero-order valence-corrected chi connectivity index (χ0v) is 17.4. The Kier molecular flexibility index (Phi) is 4.05. The van der Waals surface area contributed by atoms with Crippen molar-refractivity contribution in [2.45, 2.75) is 24.7 Å². The van der Waals surface area contributed by atoms with Gasteiger partial charge in [0.2, 0.25) is 12.6 Å². The first-order chi connectivity index (χ1) is 15.4. The van der Waals surface area contributed by atoms with Crippen LogP contribution in [0.1, 0.15) is 28.2 Å². The van der Waals surface area contributed by atoms with E-state index in [9.17, 15) is 13.2 Å². The second-order valence-corrected chi connectivity index (χ2v) is 8.36. The highest BCUT2D eigenvalue weighted by Crippen LogP contribution is 2.52. The van der Waals surface area contributed by atoms with Gasteiger partial charge in [-0.2, -0.15) is 13.2 Å². The Morgan fingerprint density at radius 3 is 2.50 bits per heavy atom. The highest BCUT2D eigenvalue weighted by atomic mass is 32.1. The standard InChI is InChI=1S/C23H16F3NO4S/c24-23(25,26)20-6-5-14(31-20)10-27-9-13-3-1-2-4-15(13)22(21(27)32)11-28-17-8-19-18(7-16(17)22)29-12-30-19/h1-8H,9-12H2. The lowest BCUT2D eigenvalue weighted by Gasteiger charge is -2.42. The summed E-state index contributed by atoms with van der Waals surface area (Å²) in [5.41, 5.74) is 2.14. The minimum atomic E-state index is -4.53. The summed E-state index contributed by atoms with van der Waals surface area (Å²) >= 11 is 5.97. The first kappa shape index (κ1) is 19.5. The van der Waals surface area contributed by atoms with E-state index >= 15 is 0 Å². The fourth-order valence-electron chi connectivity index (χ4n) is 4.71. The minimum absolute atomic E-state index is 0.116. The quantitative estimate of drug-likeness (QED) is 0.500. The maximum atomic E-state index is 13.0. The summed E-state index contributed by atoms with van der Waals surface area (Å²) in [7, 11) is 0. The lowest BCUT2D eigenvalue weighted by molar-refractivity contribution is -0.153. The van der Waals surface area contributed by atoms with Crippen LogP contribution in [0.3, 0.4) is 0 Å². The number of nitrogens with zero attached hydrogens (tertiary/aromatic N) is 1. The lowest BCUT2D eigenvalue weighted by atomic mass is 9.71. The molecular weight excluding hydrogens is 443 g/mol. The molecule has 3 aliphatic heterocycles. The lowest BCUT2D eigenvalue weighted by Crippen LogP contribution is -2.51. The molecule has 1 unspecified atom stereocenters. The van der Waals surface area contributed by atoms with Crippen molar-refractivity contribution in [3.05, 3.63) is 76.7 Å². The van der Waals surface area contributed by atoms with Crippen LogP contribution >= 0.6 is 12.2 Å². The van der Waals surface area contributed by atoms with Crippen LogP contribution < -0.4 is 14.2 Å². The molecule has 32 heavy (non-hydrogen) atoms. The summed E-state index contributed by atoms with van der Waals surface area (Å²) in [5.74, 6) is 1.06. The van der Waals surface area contributed by atoms with Gasteiger partial charge in [0, 0.05) is 18.2 Å². The number of halogens is 3. The van der Waals surface area contributed by atoms with Gasteiger partial charge in [-0.1, -0.05) is 36.5 Å². The molecule has 4 heterocycles. The van der Waals surface area contributed by atoms with Crippen LogP contribution in [0.5, 0.6) is 17.2 Å². The number of hydrogen-bond acceptors (Lipinski definition) is 5. The van der Waals surface area contributed by atoms with Gasteiger partial charge < -0.3 is 23.5 Å². The number of ether oxygens (including phenoxy) is 3.